The van der Waals surface area contributed by atoms with Crippen LogP contribution in [-0.2, 0) is 4.79 Å². The van der Waals surface area contributed by atoms with Crippen molar-refractivity contribution in [3.8, 4) is 11.5 Å². The fourth-order valence-electron chi connectivity index (χ4n) is 0.946. The first-order valence-electron chi connectivity index (χ1n) is 5.05. The van der Waals surface area contributed by atoms with Gasteiger partial charge in [0.15, 0.2) is 5.78 Å². The number of ketones is 1. The molecule has 0 aliphatic heterocycles. The van der Waals surface area contributed by atoms with Gasteiger partial charge in [-0.1, -0.05) is 13.8 Å². The monoisotopic (exact) mass is 224 g/mol. The van der Waals surface area contributed by atoms with Crippen molar-refractivity contribution in [3.63, 3.8) is 0 Å². The highest BCUT2D eigenvalue weighted by Gasteiger charge is 2.08. The molecule has 0 atom stereocenters. The fourth-order valence-corrected chi connectivity index (χ4v) is 0.946. The van der Waals surface area contributed by atoms with Gasteiger partial charge in [-0.05, 0) is 12.1 Å². The third-order valence-electron chi connectivity index (χ3n) is 1.77. The maximum Gasteiger partial charge on any atom is 0.166 e. The summed E-state index contributed by atoms with van der Waals surface area (Å²) in [5.41, 5.74) is 0.260. The van der Waals surface area contributed by atoms with Crippen LogP contribution in [-0.4, -0.2) is 22.3 Å². The predicted octanol–water partition coefficient (Wildman–Crippen LogP) is 2.29. The van der Waals surface area contributed by atoms with E-state index in [0.29, 0.717) is 12.8 Å². The lowest BCUT2D eigenvalue weighted by molar-refractivity contribution is -0.107. The zero-order valence-electron chi connectivity index (χ0n) is 9.43. The molecular formula is C12H16O4. The van der Waals surface area contributed by atoms with Crippen molar-refractivity contribution in [2.75, 3.05) is 0 Å². The number of phenolic OH excluding ortho intramolecular Hbond substituents is 2. The highest BCUT2D eigenvalue weighted by molar-refractivity contribution is 5.98. The molecule has 1 aromatic carbocycles. The molecule has 1 rings (SSSR count). The third kappa shape index (κ3) is 4.59. The van der Waals surface area contributed by atoms with Gasteiger partial charge in [0.1, 0.15) is 17.8 Å². The van der Waals surface area contributed by atoms with E-state index in [4.69, 9.17) is 5.11 Å². The molecule has 0 saturated carbocycles. The minimum absolute atomic E-state index is 0.0415. The molecule has 0 bridgehead atoms. The maximum atomic E-state index is 11.1. The Bertz CT molecular complexity index is 358. The van der Waals surface area contributed by atoms with Crippen molar-refractivity contribution in [3.05, 3.63) is 23.8 Å². The Kier molecular flexibility index (Phi) is 6.59. The van der Waals surface area contributed by atoms with Crippen LogP contribution >= 0.6 is 0 Å². The lowest BCUT2D eigenvalue weighted by atomic mass is 10.1. The molecule has 4 heteroatoms. The van der Waals surface area contributed by atoms with E-state index in [1.54, 1.807) is 6.92 Å². The van der Waals surface area contributed by atoms with Gasteiger partial charge in [0, 0.05) is 18.9 Å². The number of hydrogen-bond donors (Lipinski definition) is 2. The number of rotatable bonds is 3. The third-order valence-corrected chi connectivity index (χ3v) is 1.77. The summed E-state index contributed by atoms with van der Waals surface area (Å²) < 4.78 is 0. The molecule has 0 aromatic heterocycles. The summed E-state index contributed by atoms with van der Waals surface area (Å²) in [7, 11) is 0. The lowest BCUT2D eigenvalue weighted by Gasteiger charge is -2.01. The smallest absolute Gasteiger partial charge is 0.166 e. The molecule has 0 spiro atoms. The fraction of sp³-hybridized carbons (Fsp3) is 0.333. The van der Waals surface area contributed by atoms with Gasteiger partial charge in [0.2, 0.25) is 0 Å². The highest BCUT2D eigenvalue weighted by atomic mass is 16.3. The lowest BCUT2D eigenvalue weighted by Crippen LogP contribution is -1.95. The summed E-state index contributed by atoms with van der Waals surface area (Å²) in [5.74, 6) is -0.338. The number of carbonyl (C=O) groups excluding carboxylic acids is 2. The van der Waals surface area contributed by atoms with Crippen molar-refractivity contribution in [1.29, 1.82) is 0 Å². The van der Waals surface area contributed by atoms with Crippen LogP contribution in [0, 0.1) is 0 Å². The second-order valence-electron chi connectivity index (χ2n) is 3.05. The second kappa shape index (κ2) is 7.45. The molecule has 16 heavy (non-hydrogen) atoms. The number of carbonyl (C=O) groups is 2. The number of aromatic hydroxyl groups is 2. The van der Waals surface area contributed by atoms with E-state index in [9.17, 15) is 14.7 Å². The molecule has 0 heterocycles. The average Bonchev–Trinajstić information content (AvgIpc) is 2.28. The van der Waals surface area contributed by atoms with Crippen LogP contribution in [0.15, 0.2) is 18.2 Å². The van der Waals surface area contributed by atoms with E-state index >= 15 is 0 Å². The maximum absolute atomic E-state index is 11.1. The normalized spacial score (nSPS) is 8.88. The highest BCUT2D eigenvalue weighted by Crippen LogP contribution is 2.23. The number of Topliss-reactive ketones (excluding diaryl/α,β-unsaturated/α-hetero) is 1. The zero-order valence-corrected chi connectivity index (χ0v) is 9.43. The molecule has 0 fully saturated rings. The van der Waals surface area contributed by atoms with Gasteiger partial charge in [-0.2, -0.15) is 0 Å². The van der Waals surface area contributed by atoms with Crippen LogP contribution in [0.3, 0.4) is 0 Å². The molecule has 0 saturated heterocycles. The molecule has 4 nitrogen and oxygen atoms in total. The molecule has 0 aliphatic rings. The van der Waals surface area contributed by atoms with E-state index in [1.165, 1.54) is 12.1 Å². The summed E-state index contributed by atoms with van der Waals surface area (Å²) in [6.45, 7) is 3.53. The number of phenols is 2. The Morgan fingerprint density at radius 1 is 1.31 bits per heavy atom. The average molecular weight is 224 g/mol. The first-order valence-corrected chi connectivity index (χ1v) is 5.05. The van der Waals surface area contributed by atoms with E-state index in [-0.39, 0.29) is 22.8 Å². The van der Waals surface area contributed by atoms with E-state index in [2.05, 4.69) is 0 Å². The first-order chi connectivity index (χ1) is 7.56. The topological polar surface area (TPSA) is 74.6 Å². The summed E-state index contributed by atoms with van der Waals surface area (Å²) in [5, 5.41) is 18.1. The van der Waals surface area contributed by atoms with Crippen LogP contribution in [0.25, 0.3) is 0 Å². The van der Waals surface area contributed by atoms with Crippen LogP contribution in [0.1, 0.15) is 37.0 Å². The van der Waals surface area contributed by atoms with Crippen molar-refractivity contribution < 1.29 is 19.8 Å². The van der Waals surface area contributed by atoms with Crippen LogP contribution in [0.5, 0.6) is 11.5 Å². The minimum atomic E-state index is -0.165. The number of aldehydes is 1. The minimum Gasteiger partial charge on any atom is -0.508 e. The SMILES string of the molecule is CCC(=O)c1ccc(O)cc1O.CCC=O. The van der Waals surface area contributed by atoms with Crippen molar-refractivity contribution >= 4 is 12.1 Å². The van der Waals surface area contributed by atoms with Gasteiger partial charge >= 0.3 is 0 Å². The van der Waals surface area contributed by atoms with Gasteiger partial charge in [-0.25, -0.2) is 0 Å². The molecule has 0 amide bonds. The Balaban J connectivity index is 0.000000487. The molecule has 0 radical (unpaired) electrons. The van der Waals surface area contributed by atoms with Gasteiger partial charge in [0.25, 0.3) is 0 Å². The molecule has 88 valence electrons. The molecule has 2 N–H and O–H groups in total. The molecule has 0 unspecified atom stereocenters. The van der Waals surface area contributed by atoms with Crippen LogP contribution in [0.2, 0.25) is 0 Å². The van der Waals surface area contributed by atoms with Gasteiger partial charge in [0.05, 0.1) is 5.56 Å². The first kappa shape index (κ1) is 14.2. The van der Waals surface area contributed by atoms with Gasteiger partial charge < -0.3 is 15.0 Å². The van der Waals surface area contributed by atoms with E-state index in [1.807, 2.05) is 6.92 Å². The van der Waals surface area contributed by atoms with Crippen LogP contribution in [0.4, 0.5) is 0 Å². The molecule has 0 aliphatic carbocycles. The van der Waals surface area contributed by atoms with Gasteiger partial charge in [-0.3, -0.25) is 4.79 Å². The Labute approximate surface area is 94.5 Å². The second-order valence-corrected chi connectivity index (χ2v) is 3.05. The van der Waals surface area contributed by atoms with Gasteiger partial charge in [-0.15, -0.1) is 0 Å². The summed E-state index contributed by atoms with van der Waals surface area (Å²) in [6, 6.07) is 3.95. The van der Waals surface area contributed by atoms with E-state index < -0.39 is 0 Å². The standard InChI is InChI=1S/C9H10O3.C3H6O/c1-2-8(11)7-4-3-6(10)5-9(7)12;1-2-3-4/h3-5,10,12H,2H2,1H3;3H,2H2,1H3. The largest absolute Gasteiger partial charge is 0.508 e. The van der Waals surface area contributed by atoms with Crippen molar-refractivity contribution in [1.82, 2.24) is 0 Å². The summed E-state index contributed by atoms with van der Waals surface area (Å²) in [6.07, 6.45) is 1.86. The Hall–Kier alpha value is -1.84. The molecule has 1 aromatic rings. The van der Waals surface area contributed by atoms with Crippen molar-refractivity contribution in [2.24, 2.45) is 0 Å². The van der Waals surface area contributed by atoms with Crippen LogP contribution < -0.4 is 0 Å². The number of hydrogen-bond acceptors (Lipinski definition) is 4. The zero-order chi connectivity index (χ0) is 12.6. The Morgan fingerprint density at radius 3 is 2.25 bits per heavy atom. The quantitative estimate of drug-likeness (QED) is 0.610. The Morgan fingerprint density at radius 2 is 1.88 bits per heavy atom. The number of benzene rings is 1. The summed E-state index contributed by atoms with van der Waals surface area (Å²) in [4.78, 5) is 20.3. The van der Waals surface area contributed by atoms with E-state index in [0.717, 1.165) is 12.4 Å². The summed E-state index contributed by atoms with van der Waals surface area (Å²) >= 11 is 0. The predicted molar refractivity (Wildman–Crippen MR) is 60.7 cm³/mol. The molecular weight excluding hydrogens is 208 g/mol. The van der Waals surface area contributed by atoms with Crippen molar-refractivity contribution in [2.45, 2.75) is 26.7 Å².